The second-order valence-electron chi connectivity index (χ2n) is 8.14. The number of halogens is 1. The van der Waals surface area contributed by atoms with Crippen LogP contribution < -0.4 is 10.6 Å². The van der Waals surface area contributed by atoms with Crippen molar-refractivity contribution in [1.29, 1.82) is 0 Å². The lowest BCUT2D eigenvalue weighted by Gasteiger charge is -2.22. The van der Waals surface area contributed by atoms with Crippen LogP contribution in [-0.4, -0.2) is 33.6 Å². The molecule has 0 aliphatic rings. The molecular formula is C23H25ClN4O4S. The van der Waals surface area contributed by atoms with E-state index in [2.05, 4.69) is 20.8 Å². The Morgan fingerprint density at radius 2 is 1.88 bits per heavy atom. The predicted octanol–water partition coefficient (Wildman–Crippen LogP) is 5.26. The standard InChI is InChI=1S/C23H25ClN4O4S/c1-23(2,3)32-21(30)26-18(12-15-8-5-4-6-9-15)20-27-28-22(31-20)33-14-19(29)25-17-11-7-10-16(24)13-17/h4-11,13,18H,12,14H2,1-3H3,(H,25,29)(H,26,30). The molecule has 2 N–H and O–H groups in total. The molecule has 2 aromatic carbocycles. The van der Waals surface area contributed by atoms with Crippen molar-refractivity contribution < 1.29 is 18.7 Å². The minimum absolute atomic E-state index is 0.0665. The van der Waals surface area contributed by atoms with Gasteiger partial charge in [-0.25, -0.2) is 4.79 Å². The van der Waals surface area contributed by atoms with Crippen molar-refractivity contribution in [2.75, 3.05) is 11.1 Å². The molecule has 0 bridgehead atoms. The van der Waals surface area contributed by atoms with Gasteiger partial charge in [0.2, 0.25) is 11.8 Å². The van der Waals surface area contributed by atoms with Crippen LogP contribution in [0.25, 0.3) is 0 Å². The van der Waals surface area contributed by atoms with Crippen molar-refractivity contribution in [1.82, 2.24) is 15.5 Å². The Morgan fingerprint density at radius 1 is 1.12 bits per heavy atom. The molecule has 1 heterocycles. The SMILES string of the molecule is CC(C)(C)OC(=O)NC(Cc1ccccc1)c1nnc(SCC(=O)Nc2cccc(Cl)c2)o1. The topological polar surface area (TPSA) is 106 Å². The molecule has 0 spiro atoms. The average molecular weight is 489 g/mol. The fraction of sp³-hybridized carbons (Fsp3) is 0.304. The summed E-state index contributed by atoms with van der Waals surface area (Å²) < 4.78 is 11.1. The first-order valence-corrected chi connectivity index (χ1v) is 11.6. The zero-order chi connectivity index (χ0) is 23.8. The minimum Gasteiger partial charge on any atom is -0.444 e. The number of hydrogen-bond donors (Lipinski definition) is 2. The molecule has 0 aliphatic heterocycles. The van der Waals surface area contributed by atoms with Crippen LogP contribution in [0.3, 0.4) is 0 Å². The highest BCUT2D eigenvalue weighted by molar-refractivity contribution is 7.99. The molecule has 10 heteroatoms. The second-order valence-corrected chi connectivity index (χ2v) is 9.50. The largest absolute Gasteiger partial charge is 0.444 e. The molecule has 174 valence electrons. The van der Waals surface area contributed by atoms with Gasteiger partial charge in [0.05, 0.1) is 5.75 Å². The summed E-state index contributed by atoms with van der Waals surface area (Å²) in [6.45, 7) is 5.36. The number of carbonyl (C=O) groups excluding carboxylic acids is 2. The quantitative estimate of drug-likeness (QED) is 0.416. The summed E-state index contributed by atoms with van der Waals surface area (Å²) in [4.78, 5) is 24.6. The van der Waals surface area contributed by atoms with Crippen LogP contribution in [0.4, 0.5) is 10.5 Å². The van der Waals surface area contributed by atoms with E-state index in [-0.39, 0.29) is 22.8 Å². The third-order valence-electron chi connectivity index (χ3n) is 4.13. The summed E-state index contributed by atoms with van der Waals surface area (Å²) in [5, 5.41) is 14.4. The maximum Gasteiger partial charge on any atom is 0.408 e. The number of nitrogens with zero attached hydrogens (tertiary/aromatic N) is 2. The first kappa shape index (κ1) is 24.6. The minimum atomic E-state index is -0.645. The van der Waals surface area contributed by atoms with Gasteiger partial charge in [-0.3, -0.25) is 4.79 Å². The number of hydrogen-bond acceptors (Lipinski definition) is 7. The molecule has 0 radical (unpaired) electrons. The molecule has 3 rings (SSSR count). The van der Waals surface area contributed by atoms with Crippen molar-refractivity contribution in [3.05, 3.63) is 71.1 Å². The number of carbonyl (C=O) groups is 2. The Bertz CT molecular complexity index is 1090. The fourth-order valence-electron chi connectivity index (χ4n) is 2.81. The normalized spacial score (nSPS) is 12.1. The van der Waals surface area contributed by atoms with E-state index < -0.39 is 17.7 Å². The van der Waals surface area contributed by atoms with E-state index in [1.807, 2.05) is 30.3 Å². The van der Waals surface area contributed by atoms with E-state index in [1.54, 1.807) is 45.0 Å². The third kappa shape index (κ3) is 8.43. The summed E-state index contributed by atoms with van der Waals surface area (Å²) in [6, 6.07) is 15.9. The van der Waals surface area contributed by atoms with Crippen LogP contribution in [0.2, 0.25) is 5.02 Å². The molecule has 0 saturated carbocycles. The van der Waals surface area contributed by atoms with Crippen LogP contribution >= 0.6 is 23.4 Å². The maximum absolute atomic E-state index is 12.4. The van der Waals surface area contributed by atoms with Crippen molar-refractivity contribution in [3.8, 4) is 0 Å². The zero-order valence-corrected chi connectivity index (χ0v) is 20.1. The monoisotopic (exact) mass is 488 g/mol. The van der Waals surface area contributed by atoms with Crippen LogP contribution in [0, 0.1) is 0 Å². The van der Waals surface area contributed by atoms with Gasteiger partial charge in [0, 0.05) is 17.1 Å². The summed E-state index contributed by atoms with van der Waals surface area (Å²) in [6.07, 6.45) is -0.154. The van der Waals surface area contributed by atoms with Gasteiger partial charge < -0.3 is 19.8 Å². The van der Waals surface area contributed by atoms with E-state index >= 15 is 0 Å². The van der Waals surface area contributed by atoms with E-state index in [9.17, 15) is 9.59 Å². The highest BCUT2D eigenvalue weighted by Gasteiger charge is 2.25. The Hall–Kier alpha value is -3.04. The molecule has 1 aromatic heterocycles. The number of nitrogens with one attached hydrogen (secondary N) is 2. The fourth-order valence-corrected chi connectivity index (χ4v) is 3.57. The number of amides is 2. The molecule has 0 saturated heterocycles. The first-order chi connectivity index (χ1) is 15.7. The molecule has 8 nitrogen and oxygen atoms in total. The Balaban J connectivity index is 1.64. The molecule has 2 amide bonds. The number of rotatable bonds is 8. The van der Waals surface area contributed by atoms with E-state index in [0.717, 1.165) is 17.3 Å². The molecule has 0 fully saturated rings. The number of aromatic nitrogens is 2. The van der Waals surface area contributed by atoms with Crippen molar-refractivity contribution in [2.24, 2.45) is 0 Å². The van der Waals surface area contributed by atoms with E-state index in [1.165, 1.54) is 0 Å². The van der Waals surface area contributed by atoms with Crippen molar-refractivity contribution in [2.45, 2.75) is 44.1 Å². The first-order valence-electron chi connectivity index (χ1n) is 10.2. The molecule has 0 aliphatic carbocycles. The lowest BCUT2D eigenvalue weighted by Crippen LogP contribution is -2.36. The number of benzene rings is 2. The van der Waals surface area contributed by atoms with E-state index in [4.69, 9.17) is 20.8 Å². The van der Waals surface area contributed by atoms with Gasteiger partial charge in [-0.2, -0.15) is 0 Å². The van der Waals surface area contributed by atoms with Gasteiger partial charge in [0.25, 0.3) is 5.22 Å². The van der Waals surface area contributed by atoms with Gasteiger partial charge >= 0.3 is 6.09 Å². The third-order valence-corrected chi connectivity index (χ3v) is 5.18. The van der Waals surface area contributed by atoms with Crippen molar-refractivity contribution >= 4 is 41.1 Å². The summed E-state index contributed by atoms with van der Waals surface area (Å²) in [5.41, 5.74) is 0.934. The van der Waals surface area contributed by atoms with Crippen LogP contribution in [-0.2, 0) is 16.0 Å². The second kappa shape index (κ2) is 11.2. The smallest absolute Gasteiger partial charge is 0.408 e. The maximum atomic E-state index is 12.4. The Morgan fingerprint density at radius 3 is 2.58 bits per heavy atom. The van der Waals surface area contributed by atoms with Gasteiger partial charge in [-0.15, -0.1) is 10.2 Å². The van der Waals surface area contributed by atoms with Gasteiger partial charge in [-0.05, 0) is 44.5 Å². The van der Waals surface area contributed by atoms with Crippen LogP contribution in [0.15, 0.2) is 64.2 Å². The Kier molecular flexibility index (Phi) is 8.35. The zero-order valence-electron chi connectivity index (χ0n) is 18.5. The molecule has 1 atom stereocenters. The molecule has 3 aromatic rings. The molecule has 33 heavy (non-hydrogen) atoms. The van der Waals surface area contributed by atoms with E-state index in [0.29, 0.717) is 17.1 Å². The van der Waals surface area contributed by atoms with Gasteiger partial charge in [-0.1, -0.05) is 59.8 Å². The molecular weight excluding hydrogens is 464 g/mol. The summed E-state index contributed by atoms with van der Waals surface area (Å²) in [5.74, 6) is 0.0500. The highest BCUT2D eigenvalue weighted by atomic mass is 35.5. The average Bonchev–Trinajstić information content (AvgIpc) is 3.20. The molecule has 1 unspecified atom stereocenters. The van der Waals surface area contributed by atoms with Gasteiger partial charge in [0.1, 0.15) is 11.6 Å². The number of thioether (sulfide) groups is 1. The highest BCUT2D eigenvalue weighted by Crippen LogP contribution is 2.23. The van der Waals surface area contributed by atoms with Crippen molar-refractivity contribution in [3.63, 3.8) is 0 Å². The lowest BCUT2D eigenvalue weighted by atomic mass is 10.1. The van der Waals surface area contributed by atoms with Gasteiger partial charge in [0.15, 0.2) is 0 Å². The number of ether oxygens (including phenoxy) is 1. The van der Waals surface area contributed by atoms with Crippen LogP contribution in [0.1, 0.15) is 38.3 Å². The number of alkyl carbamates (subject to hydrolysis) is 1. The Labute approximate surface area is 201 Å². The summed E-state index contributed by atoms with van der Waals surface area (Å²) in [7, 11) is 0. The number of anilines is 1. The summed E-state index contributed by atoms with van der Waals surface area (Å²) >= 11 is 7.03. The van der Waals surface area contributed by atoms with Crippen LogP contribution in [0.5, 0.6) is 0 Å². The predicted molar refractivity (Wildman–Crippen MR) is 127 cm³/mol. The lowest BCUT2D eigenvalue weighted by molar-refractivity contribution is -0.113.